The highest BCUT2D eigenvalue weighted by Gasteiger charge is 2.31. The molecule has 7 nitrogen and oxygen atoms in total. The summed E-state index contributed by atoms with van der Waals surface area (Å²) in [7, 11) is 1.80. The molecule has 1 aliphatic carbocycles. The van der Waals surface area contributed by atoms with Gasteiger partial charge < -0.3 is 5.11 Å². The molecule has 0 spiro atoms. The molecule has 0 saturated heterocycles. The Balaban J connectivity index is 2.10. The van der Waals surface area contributed by atoms with Crippen LogP contribution in [0.25, 0.3) is 5.82 Å². The average Bonchev–Trinajstić information content (AvgIpc) is 2.88. The third-order valence-electron chi connectivity index (χ3n) is 2.68. The van der Waals surface area contributed by atoms with Crippen molar-refractivity contribution in [1.29, 1.82) is 0 Å². The predicted molar refractivity (Wildman–Crippen MR) is 57.1 cm³/mol. The Hall–Kier alpha value is -2.18. The highest BCUT2D eigenvalue weighted by atomic mass is 16.4. The standard InChI is InChI=1S/C10H11N5O2/c1-14-5-4-7(12-14)15-9(6-2-3-6)11-8(13-15)10(16)17/h4-6H,2-3H2,1H3,(H,16,17). The monoisotopic (exact) mass is 233 g/mol. The second-order valence-electron chi connectivity index (χ2n) is 4.13. The van der Waals surface area contributed by atoms with E-state index < -0.39 is 5.97 Å². The summed E-state index contributed by atoms with van der Waals surface area (Å²) in [6.07, 6.45) is 3.85. The van der Waals surface area contributed by atoms with Crippen LogP contribution in [0.2, 0.25) is 0 Å². The summed E-state index contributed by atoms with van der Waals surface area (Å²) in [4.78, 5) is 14.9. The van der Waals surface area contributed by atoms with Gasteiger partial charge in [0.2, 0.25) is 0 Å². The van der Waals surface area contributed by atoms with Crippen LogP contribution in [0.1, 0.15) is 35.2 Å². The highest BCUT2D eigenvalue weighted by Crippen LogP contribution is 2.39. The van der Waals surface area contributed by atoms with E-state index in [9.17, 15) is 4.79 Å². The van der Waals surface area contributed by atoms with Crippen molar-refractivity contribution in [3.8, 4) is 5.82 Å². The van der Waals surface area contributed by atoms with Crippen molar-refractivity contribution >= 4 is 5.97 Å². The molecule has 7 heteroatoms. The van der Waals surface area contributed by atoms with Crippen LogP contribution in [0.5, 0.6) is 0 Å². The van der Waals surface area contributed by atoms with E-state index in [4.69, 9.17) is 5.11 Å². The van der Waals surface area contributed by atoms with E-state index in [1.165, 1.54) is 4.68 Å². The fourth-order valence-electron chi connectivity index (χ4n) is 1.70. The molecule has 1 N–H and O–H groups in total. The van der Waals surface area contributed by atoms with Gasteiger partial charge in [-0.1, -0.05) is 0 Å². The van der Waals surface area contributed by atoms with Crippen molar-refractivity contribution in [2.24, 2.45) is 7.05 Å². The van der Waals surface area contributed by atoms with Crippen molar-refractivity contribution in [2.75, 3.05) is 0 Å². The van der Waals surface area contributed by atoms with E-state index in [1.54, 1.807) is 24.0 Å². The van der Waals surface area contributed by atoms with Crippen molar-refractivity contribution in [3.05, 3.63) is 23.9 Å². The minimum absolute atomic E-state index is 0.169. The average molecular weight is 233 g/mol. The second kappa shape index (κ2) is 3.41. The van der Waals surface area contributed by atoms with E-state index >= 15 is 0 Å². The van der Waals surface area contributed by atoms with Gasteiger partial charge in [0, 0.05) is 25.2 Å². The normalized spacial score (nSPS) is 15.1. The molecule has 0 unspecified atom stereocenters. The predicted octanol–water partition coefficient (Wildman–Crippen LogP) is 0.576. The fourth-order valence-corrected chi connectivity index (χ4v) is 1.70. The lowest BCUT2D eigenvalue weighted by Crippen LogP contribution is -2.04. The summed E-state index contributed by atoms with van der Waals surface area (Å²) in [6.45, 7) is 0. The summed E-state index contributed by atoms with van der Waals surface area (Å²) >= 11 is 0. The number of hydrogen-bond donors (Lipinski definition) is 1. The summed E-state index contributed by atoms with van der Waals surface area (Å²) in [6, 6.07) is 1.78. The molecular weight excluding hydrogens is 222 g/mol. The molecule has 1 saturated carbocycles. The van der Waals surface area contributed by atoms with Gasteiger partial charge in [-0.25, -0.2) is 9.78 Å². The van der Waals surface area contributed by atoms with Gasteiger partial charge in [0.15, 0.2) is 5.82 Å². The van der Waals surface area contributed by atoms with Gasteiger partial charge in [-0.05, 0) is 12.8 Å². The highest BCUT2D eigenvalue weighted by molar-refractivity contribution is 5.83. The SMILES string of the molecule is Cn1ccc(-n2nc(C(=O)O)nc2C2CC2)n1. The molecule has 0 bridgehead atoms. The van der Waals surface area contributed by atoms with Gasteiger partial charge in [0.05, 0.1) is 0 Å². The third-order valence-corrected chi connectivity index (χ3v) is 2.68. The molecule has 0 radical (unpaired) electrons. The van der Waals surface area contributed by atoms with Gasteiger partial charge in [-0.3, -0.25) is 4.68 Å². The Morgan fingerprint density at radius 2 is 2.24 bits per heavy atom. The quantitative estimate of drug-likeness (QED) is 0.837. The minimum Gasteiger partial charge on any atom is -0.475 e. The number of aryl methyl sites for hydroxylation is 1. The first-order chi connectivity index (χ1) is 8.15. The second-order valence-corrected chi connectivity index (χ2v) is 4.13. The summed E-state index contributed by atoms with van der Waals surface area (Å²) in [5, 5.41) is 17.1. The lowest BCUT2D eigenvalue weighted by Gasteiger charge is -1.99. The van der Waals surface area contributed by atoms with E-state index in [2.05, 4.69) is 15.2 Å². The maximum Gasteiger partial charge on any atom is 0.375 e. The minimum atomic E-state index is -1.11. The first-order valence-electron chi connectivity index (χ1n) is 5.35. The van der Waals surface area contributed by atoms with E-state index in [0.29, 0.717) is 17.6 Å². The molecular formula is C10H11N5O2. The smallest absolute Gasteiger partial charge is 0.375 e. The van der Waals surface area contributed by atoms with Crippen molar-refractivity contribution in [3.63, 3.8) is 0 Å². The van der Waals surface area contributed by atoms with Gasteiger partial charge in [-0.15, -0.1) is 5.10 Å². The Morgan fingerprint density at radius 3 is 2.76 bits per heavy atom. The van der Waals surface area contributed by atoms with Crippen molar-refractivity contribution in [2.45, 2.75) is 18.8 Å². The molecule has 1 fully saturated rings. The van der Waals surface area contributed by atoms with E-state index in [0.717, 1.165) is 12.8 Å². The molecule has 0 amide bonds. The number of carboxylic acids is 1. The molecule has 0 aliphatic heterocycles. The van der Waals surface area contributed by atoms with E-state index in [-0.39, 0.29) is 5.82 Å². The molecule has 0 atom stereocenters. The molecule has 17 heavy (non-hydrogen) atoms. The molecule has 2 aromatic heterocycles. The lowest BCUT2D eigenvalue weighted by molar-refractivity contribution is 0.0683. The number of carbonyl (C=O) groups is 1. The summed E-state index contributed by atoms with van der Waals surface area (Å²) in [5.41, 5.74) is 0. The number of rotatable bonds is 3. The van der Waals surface area contributed by atoms with Crippen molar-refractivity contribution < 1.29 is 9.90 Å². The number of hydrogen-bond acceptors (Lipinski definition) is 4. The fraction of sp³-hybridized carbons (Fsp3) is 0.400. The Morgan fingerprint density at radius 1 is 1.47 bits per heavy atom. The van der Waals surface area contributed by atoms with Crippen molar-refractivity contribution in [1.82, 2.24) is 24.5 Å². The number of aromatic carboxylic acids is 1. The van der Waals surface area contributed by atoms with Crippen LogP contribution in [-0.4, -0.2) is 35.6 Å². The number of nitrogens with zero attached hydrogens (tertiary/aromatic N) is 5. The van der Waals surface area contributed by atoms with Crippen LogP contribution >= 0.6 is 0 Å². The zero-order valence-corrected chi connectivity index (χ0v) is 9.24. The van der Waals surface area contributed by atoms with E-state index in [1.807, 2.05) is 0 Å². The number of carboxylic acid groups (broad SMARTS) is 1. The molecule has 1 aliphatic rings. The molecule has 3 rings (SSSR count). The molecule has 0 aromatic carbocycles. The first kappa shape index (κ1) is 10.0. The molecule has 88 valence electrons. The zero-order valence-electron chi connectivity index (χ0n) is 9.24. The lowest BCUT2D eigenvalue weighted by atomic mass is 10.4. The summed E-state index contributed by atoms with van der Waals surface area (Å²) < 4.78 is 3.18. The molecule has 2 heterocycles. The first-order valence-corrected chi connectivity index (χ1v) is 5.35. The Bertz CT molecular complexity index is 581. The van der Waals surface area contributed by atoms with Gasteiger partial charge in [0.1, 0.15) is 5.82 Å². The largest absolute Gasteiger partial charge is 0.475 e. The molecule has 2 aromatic rings. The van der Waals surface area contributed by atoms with Crippen LogP contribution < -0.4 is 0 Å². The topological polar surface area (TPSA) is 85.8 Å². The van der Waals surface area contributed by atoms with Crippen LogP contribution in [-0.2, 0) is 7.05 Å². The zero-order chi connectivity index (χ0) is 12.0. The maximum absolute atomic E-state index is 10.9. The van der Waals surface area contributed by atoms with Crippen LogP contribution in [0.4, 0.5) is 0 Å². The Kier molecular flexibility index (Phi) is 2.01. The van der Waals surface area contributed by atoms with Crippen LogP contribution in [0, 0.1) is 0 Å². The van der Waals surface area contributed by atoms with Crippen LogP contribution in [0.3, 0.4) is 0 Å². The maximum atomic E-state index is 10.9. The van der Waals surface area contributed by atoms with Gasteiger partial charge in [-0.2, -0.15) is 9.78 Å². The third kappa shape index (κ3) is 1.69. The number of aromatic nitrogens is 5. The van der Waals surface area contributed by atoms with Gasteiger partial charge >= 0.3 is 5.97 Å². The summed E-state index contributed by atoms with van der Waals surface area (Å²) in [5.74, 6) is 0.340. The van der Waals surface area contributed by atoms with Gasteiger partial charge in [0.25, 0.3) is 5.82 Å². The van der Waals surface area contributed by atoms with Crippen LogP contribution in [0.15, 0.2) is 12.3 Å². The Labute approximate surface area is 96.7 Å².